The summed E-state index contributed by atoms with van der Waals surface area (Å²) in [6, 6.07) is 13.7. The molecule has 7 nitrogen and oxygen atoms in total. The average Bonchev–Trinajstić information content (AvgIpc) is 3.23. The summed E-state index contributed by atoms with van der Waals surface area (Å²) in [6.07, 6.45) is 2.31. The maximum absolute atomic E-state index is 11.8. The van der Waals surface area contributed by atoms with Gasteiger partial charge in [-0.15, -0.1) is 0 Å². The third kappa shape index (κ3) is 2.34. The van der Waals surface area contributed by atoms with E-state index in [1.165, 1.54) is 0 Å². The summed E-state index contributed by atoms with van der Waals surface area (Å²) in [5.41, 5.74) is 9.38. The summed E-state index contributed by atoms with van der Waals surface area (Å²) >= 11 is 0. The van der Waals surface area contributed by atoms with Gasteiger partial charge < -0.3 is 15.7 Å². The van der Waals surface area contributed by atoms with Gasteiger partial charge in [0.2, 0.25) is 6.41 Å². The van der Waals surface area contributed by atoms with Gasteiger partial charge >= 0.3 is 0 Å². The smallest absolute Gasteiger partial charge is 0.253 e. The van der Waals surface area contributed by atoms with E-state index in [4.69, 9.17) is 11.6 Å². The molecule has 0 aliphatic heterocycles. The molecule has 0 radical (unpaired) electrons. The zero-order valence-corrected chi connectivity index (χ0v) is 13.1. The highest BCUT2D eigenvalue weighted by atomic mass is 16.1. The molecule has 0 unspecified atom stereocenters. The molecule has 7 heteroatoms. The van der Waals surface area contributed by atoms with Gasteiger partial charge in [-0.1, -0.05) is 18.2 Å². The maximum atomic E-state index is 11.8. The van der Waals surface area contributed by atoms with Gasteiger partial charge in [0, 0.05) is 22.6 Å². The van der Waals surface area contributed by atoms with Crippen molar-refractivity contribution in [1.29, 1.82) is 0 Å². The molecule has 0 bridgehead atoms. The van der Waals surface area contributed by atoms with Crippen LogP contribution in [0.3, 0.4) is 0 Å². The van der Waals surface area contributed by atoms with Crippen molar-refractivity contribution in [2.45, 2.75) is 0 Å². The lowest BCUT2D eigenvalue weighted by Gasteiger charge is -2.08. The van der Waals surface area contributed by atoms with Crippen molar-refractivity contribution >= 4 is 39.9 Å². The van der Waals surface area contributed by atoms with Crippen LogP contribution in [0.4, 0.5) is 5.82 Å². The minimum atomic E-state index is -0.653. The van der Waals surface area contributed by atoms with Crippen LogP contribution >= 0.6 is 0 Å². The van der Waals surface area contributed by atoms with E-state index < -0.39 is 5.91 Å². The number of hydrogen-bond acceptors (Lipinski definition) is 3. The predicted molar refractivity (Wildman–Crippen MR) is 96.8 cm³/mol. The molecular weight excluding hydrogens is 318 g/mol. The van der Waals surface area contributed by atoms with E-state index in [2.05, 4.69) is 16.0 Å². The van der Waals surface area contributed by atoms with E-state index in [1.54, 1.807) is 6.07 Å². The van der Waals surface area contributed by atoms with Crippen LogP contribution in [0, 0.1) is 0 Å². The molecule has 6 N–H and O–H groups in total. The van der Waals surface area contributed by atoms with Crippen LogP contribution in [0.5, 0.6) is 0 Å². The average molecular weight is 333 g/mol. The van der Waals surface area contributed by atoms with Gasteiger partial charge in [-0.3, -0.25) is 9.59 Å². The first kappa shape index (κ1) is 15.0. The zero-order valence-electron chi connectivity index (χ0n) is 13.1. The van der Waals surface area contributed by atoms with E-state index in [-0.39, 0.29) is 11.4 Å². The third-order valence-corrected chi connectivity index (χ3v) is 4.28. The number of hydrazine groups is 1. The molecule has 0 aliphatic carbocycles. The molecule has 0 spiro atoms. The number of primary amides is 1. The number of aromatic nitrogens is 2. The van der Waals surface area contributed by atoms with Crippen LogP contribution in [-0.4, -0.2) is 22.3 Å². The molecule has 4 aromatic rings. The topological polar surface area (TPSA) is 121 Å². The fraction of sp³-hybridized carbons (Fsp3) is 0. The standard InChI is InChI=1S/C18H15N5O2/c19-17(25)16-13-3-1-11(8-15(13)22-18(16)23(20)9-24)10-2-4-14-12(7-10)5-6-21-14/h1-9,21-22H,20H2,(H2,19,25). The Morgan fingerprint density at radius 3 is 2.56 bits per heavy atom. The first-order chi connectivity index (χ1) is 12.1. The molecule has 0 aliphatic rings. The number of carbonyl (C=O) groups excluding carboxylic acids is 2. The lowest BCUT2D eigenvalue weighted by atomic mass is 10.0. The van der Waals surface area contributed by atoms with Crippen LogP contribution in [0.25, 0.3) is 32.9 Å². The number of nitrogens with two attached hydrogens (primary N) is 2. The summed E-state index contributed by atoms with van der Waals surface area (Å²) in [5, 5.41) is 2.54. The molecule has 2 aromatic heterocycles. The minimum Gasteiger partial charge on any atom is -0.365 e. The molecule has 0 atom stereocenters. The molecule has 0 saturated heterocycles. The van der Waals surface area contributed by atoms with Crippen molar-refractivity contribution in [3.8, 4) is 11.1 Å². The van der Waals surface area contributed by atoms with E-state index in [1.807, 2.05) is 36.5 Å². The Hall–Kier alpha value is -3.58. The molecule has 4 rings (SSSR count). The summed E-state index contributed by atoms with van der Waals surface area (Å²) in [6.45, 7) is 0. The number of rotatable bonds is 4. The quantitative estimate of drug-likeness (QED) is 0.198. The van der Waals surface area contributed by atoms with Crippen molar-refractivity contribution in [2.24, 2.45) is 11.6 Å². The summed E-state index contributed by atoms with van der Waals surface area (Å²) < 4.78 is 0. The Kier molecular flexibility index (Phi) is 3.29. The number of hydrogen-bond donors (Lipinski definition) is 4. The molecule has 2 aromatic carbocycles. The second kappa shape index (κ2) is 5.50. The second-order valence-corrected chi connectivity index (χ2v) is 5.77. The molecule has 25 heavy (non-hydrogen) atoms. The Labute approximate surface area is 142 Å². The number of nitrogens with one attached hydrogen (secondary N) is 2. The largest absolute Gasteiger partial charge is 0.365 e. The maximum Gasteiger partial charge on any atom is 0.253 e. The molecular formula is C18H15N5O2. The number of benzene rings is 2. The Bertz CT molecular complexity index is 1130. The molecule has 0 fully saturated rings. The minimum absolute atomic E-state index is 0.177. The molecule has 0 saturated carbocycles. The molecule has 2 heterocycles. The first-order valence-corrected chi connectivity index (χ1v) is 7.61. The fourth-order valence-electron chi connectivity index (χ4n) is 3.09. The van der Waals surface area contributed by atoms with Gasteiger partial charge in [-0.05, 0) is 40.8 Å². The monoisotopic (exact) mass is 333 g/mol. The molecule has 2 amide bonds. The second-order valence-electron chi connectivity index (χ2n) is 5.77. The number of carbonyl (C=O) groups is 2. The van der Waals surface area contributed by atoms with Crippen molar-refractivity contribution in [2.75, 3.05) is 5.01 Å². The normalized spacial score (nSPS) is 11.1. The Morgan fingerprint density at radius 2 is 1.80 bits per heavy atom. The van der Waals surface area contributed by atoms with Crippen molar-refractivity contribution < 1.29 is 9.59 Å². The number of H-pyrrole nitrogens is 2. The SMILES string of the molecule is NC(=O)c1c(N(N)C=O)[nH]c2cc(-c3ccc4[nH]ccc4c3)ccc12. The van der Waals surface area contributed by atoms with Crippen LogP contribution in [0.2, 0.25) is 0 Å². The fourth-order valence-corrected chi connectivity index (χ4v) is 3.09. The number of anilines is 1. The first-order valence-electron chi connectivity index (χ1n) is 7.61. The van der Waals surface area contributed by atoms with Crippen LogP contribution < -0.4 is 16.6 Å². The highest BCUT2D eigenvalue weighted by Gasteiger charge is 2.19. The Morgan fingerprint density at radius 1 is 1.04 bits per heavy atom. The number of amides is 2. The van der Waals surface area contributed by atoms with E-state index in [9.17, 15) is 9.59 Å². The van der Waals surface area contributed by atoms with Crippen molar-refractivity contribution in [3.05, 3.63) is 54.2 Å². The van der Waals surface area contributed by atoms with E-state index in [0.29, 0.717) is 17.3 Å². The van der Waals surface area contributed by atoms with Gasteiger partial charge in [-0.2, -0.15) is 0 Å². The molecule has 124 valence electrons. The van der Waals surface area contributed by atoms with Crippen molar-refractivity contribution in [3.63, 3.8) is 0 Å². The number of nitrogens with zero attached hydrogens (tertiary/aromatic N) is 1. The van der Waals surface area contributed by atoms with E-state index >= 15 is 0 Å². The predicted octanol–water partition coefficient (Wildman–Crippen LogP) is 2.25. The van der Waals surface area contributed by atoms with Gasteiger partial charge in [0.15, 0.2) is 0 Å². The van der Waals surface area contributed by atoms with E-state index in [0.717, 1.165) is 27.0 Å². The highest BCUT2D eigenvalue weighted by molar-refractivity contribution is 6.12. The lowest BCUT2D eigenvalue weighted by molar-refractivity contribution is -0.107. The summed E-state index contributed by atoms with van der Waals surface area (Å²) in [5.74, 6) is 5.14. The van der Waals surface area contributed by atoms with Crippen LogP contribution in [-0.2, 0) is 4.79 Å². The summed E-state index contributed by atoms with van der Waals surface area (Å²) in [7, 11) is 0. The highest BCUT2D eigenvalue weighted by Crippen LogP contribution is 2.32. The van der Waals surface area contributed by atoms with Crippen molar-refractivity contribution in [1.82, 2.24) is 9.97 Å². The third-order valence-electron chi connectivity index (χ3n) is 4.28. The lowest BCUT2D eigenvalue weighted by Crippen LogP contribution is -2.31. The van der Waals surface area contributed by atoms with Gasteiger partial charge in [0.1, 0.15) is 5.82 Å². The van der Waals surface area contributed by atoms with Gasteiger partial charge in [0.05, 0.1) is 5.56 Å². The Balaban J connectivity index is 1.90. The number of aromatic amines is 2. The van der Waals surface area contributed by atoms with Gasteiger partial charge in [0.25, 0.3) is 5.91 Å². The number of fused-ring (bicyclic) bond motifs is 2. The van der Waals surface area contributed by atoms with Crippen LogP contribution in [0.1, 0.15) is 10.4 Å². The summed E-state index contributed by atoms with van der Waals surface area (Å²) in [4.78, 5) is 28.9. The zero-order chi connectivity index (χ0) is 17.6. The van der Waals surface area contributed by atoms with Gasteiger partial charge in [-0.25, -0.2) is 10.9 Å². The van der Waals surface area contributed by atoms with Crippen LogP contribution in [0.15, 0.2) is 48.7 Å².